The second kappa shape index (κ2) is 3.95. The van der Waals surface area contributed by atoms with Gasteiger partial charge in [0.05, 0.1) is 0 Å². The fraction of sp³-hybridized carbons (Fsp3) is 0.538. The van der Waals surface area contributed by atoms with Gasteiger partial charge in [-0.05, 0) is 35.4 Å². The van der Waals surface area contributed by atoms with Crippen LogP contribution < -0.4 is 0 Å². The van der Waals surface area contributed by atoms with E-state index in [4.69, 9.17) is 2.74 Å². The molecule has 0 nitrogen and oxygen atoms in total. The molecule has 0 bridgehead atoms. The van der Waals surface area contributed by atoms with E-state index in [0.29, 0.717) is 0 Å². The molecular formula is C13H20. The molecule has 0 heteroatoms. The van der Waals surface area contributed by atoms with Crippen molar-refractivity contribution < 1.29 is 2.74 Å². The van der Waals surface area contributed by atoms with Gasteiger partial charge in [0, 0.05) is 2.74 Å². The molecule has 0 heterocycles. The molecule has 0 aliphatic rings. The van der Waals surface area contributed by atoms with Gasteiger partial charge in [-0.2, -0.15) is 0 Å². The van der Waals surface area contributed by atoms with Gasteiger partial charge >= 0.3 is 0 Å². The van der Waals surface area contributed by atoms with Crippen LogP contribution in [-0.4, -0.2) is 0 Å². The first-order valence-corrected chi connectivity index (χ1v) is 4.74. The molecule has 0 N–H and O–H groups in total. The summed E-state index contributed by atoms with van der Waals surface area (Å²) in [6.07, 6.45) is 0. The van der Waals surface area contributed by atoms with Crippen LogP contribution in [0.2, 0.25) is 0 Å². The Morgan fingerprint density at radius 3 is 2.15 bits per heavy atom. The Morgan fingerprint density at radius 1 is 1.08 bits per heavy atom. The topological polar surface area (TPSA) is 0 Å². The van der Waals surface area contributed by atoms with Crippen LogP contribution in [0.1, 0.15) is 58.9 Å². The van der Waals surface area contributed by atoms with Crippen molar-refractivity contribution in [3.8, 4) is 0 Å². The Bertz CT molecular complexity index is 354. The lowest BCUT2D eigenvalue weighted by Crippen LogP contribution is -1.95. The average Bonchev–Trinajstić information content (AvgIpc) is 2.00. The summed E-state index contributed by atoms with van der Waals surface area (Å²) < 4.78 is 16.0. The summed E-state index contributed by atoms with van der Waals surface area (Å²) in [5.74, 6) is -1.18. The lowest BCUT2D eigenvalue weighted by molar-refractivity contribution is 0.827. The average molecular weight is 178 g/mol. The normalized spacial score (nSPS) is 15.2. The summed E-state index contributed by atoms with van der Waals surface area (Å²) in [6, 6.07) is 5.99. The minimum absolute atomic E-state index is 0.590. The Balaban J connectivity index is 3.30. The van der Waals surface area contributed by atoms with Gasteiger partial charge in [-0.25, -0.2) is 0 Å². The van der Waals surface area contributed by atoms with Gasteiger partial charge in [-0.1, -0.05) is 45.9 Å². The van der Waals surface area contributed by atoms with E-state index in [1.807, 2.05) is 52.8 Å². The van der Waals surface area contributed by atoms with Crippen LogP contribution >= 0.6 is 0 Å². The fourth-order valence-corrected chi connectivity index (χ4v) is 1.47. The van der Waals surface area contributed by atoms with Gasteiger partial charge in [0.1, 0.15) is 0 Å². The van der Waals surface area contributed by atoms with Gasteiger partial charge in [-0.15, -0.1) is 0 Å². The molecule has 0 aromatic heterocycles. The SMILES string of the molecule is [2H]C(C)(C)c1ccc(C)c(C([2H])(C)C)c1. The molecule has 72 valence electrons. The van der Waals surface area contributed by atoms with Gasteiger partial charge in [0.2, 0.25) is 0 Å². The van der Waals surface area contributed by atoms with Crippen molar-refractivity contribution in [2.24, 2.45) is 0 Å². The Kier molecular flexibility index (Phi) is 2.31. The van der Waals surface area contributed by atoms with Crippen molar-refractivity contribution in [2.45, 2.75) is 46.4 Å². The van der Waals surface area contributed by atoms with Crippen LogP contribution in [0.15, 0.2) is 18.2 Å². The van der Waals surface area contributed by atoms with Crippen molar-refractivity contribution in [1.29, 1.82) is 0 Å². The highest BCUT2D eigenvalue weighted by Gasteiger charge is 2.06. The number of hydrogen-bond acceptors (Lipinski definition) is 0. The number of aryl methyl sites for hydroxylation is 1. The van der Waals surface area contributed by atoms with Gasteiger partial charge in [0.25, 0.3) is 0 Å². The maximum Gasteiger partial charge on any atom is 0.0347 e. The van der Waals surface area contributed by atoms with Crippen LogP contribution in [0, 0.1) is 6.92 Å². The molecule has 1 aromatic carbocycles. The third kappa shape index (κ3) is 2.33. The van der Waals surface area contributed by atoms with Crippen LogP contribution in [-0.2, 0) is 0 Å². The van der Waals surface area contributed by atoms with Crippen molar-refractivity contribution in [3.05, 3.63) is 34.9 Å². The molecule has 13 heavy (non-hydrogen) atoms. The highest BCUT2D eigenvalue weighted by molar-refractivity contribution is 5.34. The van der Waals surface area contributed by atoms with E-state index in [-0.39, 0.29) is 0 Å². The molecule has 1 aromatic rings. The third-order valence-corrected chi connectivity index (χ3v) is 2.35. The van der Waals surface area contributed by atoms with Gasteiger partial charge < -0.3 is 0 Å². The molecule has 0 radical (unpaired) electrons. The zero-order chi connectivity index (χ0) is 11.9. The van der Waals surface area contributed by atoms with Gasteiger partial charge in [-0.3, -0.25) is 0 Å². The van der Waals surface area contributed by atoms with Crippen molar-refractivity contribution in [3.63, 3.8) is 0 Å². The van der Waals surface area contributed by atoms with E-state index in [9.17, 15) is 0 Å². The molecular weight excluding hydrogens is 156 g/mol. The zero-order valence-electron chi connectivity index (χ0n) is 11.2. The van der Waals surface area contributed by atoms with Crippen molar-refractivity contribution in [2.75, 3.05) is 0 Å². The van der Waals surface area contributed by atoms with E-state index in [1.54, 1.807) is 0 Å². The Morgan fingerprint density at radius 2 is 1.69 bits per heavy atom. The first-order valence-electron chi connectivity index (χ1n) is 5.74. The zero-order valence-corrected chi connectivity index (χ0v) is 9.23. The number of hydrogen-bond donors (Lipinski definition) is 0. The predicted molar refractivity (Wildman–Crippen MR) is 59.4 cm³/mol. The summed E-state index contributed by atoms with van der Waals surface area (Å²) >= 11 is 0. The molecule has 0 atom stereocenters. The summed E-state index contributed by atoms with van der Waals surface area (Å²) in [4.78, 5) is 0. The minimum atomic E-state index is -0.592. The molecule has 0 unspecified atom stereocenters. The second-order valence-electron chi connectivity index (χ2n) is 4.03. The standard InChI is InChI=1S/C13H20/c1-9(2)12-7-6-11(5)13(8-12)10(3)4/h6-10H,1-5H3/i9D,10D. The number of benzene rings is 1. The van der Waals surface area contributed by atoms with Crippen molar-refractivity contribution in [1.82, 2.24) is 0 Å². The predicted octanol–water partition coefficient (Wildman–Crippen LogP) is 4.24. The highest BCUT2D eigenvalue weighted by Crippen LogP contribution is 2.23. The fourth-order valence-electron chi connectivity index (χ4n) is 1.47. The first kappa shape index (κ1) is 7.61. The Hall–Kier alpha value is -0.780. The monoisotopic (exact) mass is 178 g/mol. The number of rotatable bonds is 2. The molecule has 0 spiro atoms. The van der Waals surface area contributed by atoms with E-state index in [2.05, 4.69) is 0 Å². The lowest BCUT2D eigenvalue weighted by atomic mass is 9.92. The largest absolute Gasteiger partial charge is 0.0588 e. The molecule has 0 saturated heterocycles. The van der Waals surface area contributed by atoms with Crippen LogP contribution in [0.3, 0.4) is 0 Å². The third-order valence-electron chi connectivity index (χ3n) is 2.35. The molecule has 0 fully saturated rings. The highest BCUT2D eigenvalue weighted by atomic mass is 14.1. The molecule has 1 rings (SSSR count). The van der Waals surface area contributed by atoms with Crippen LogP contribution in [0.25, 0.3) is 0 Å². The summed E-state index contributed by atoms with van der Waals surface area (Å²) in [6.45, 7) is 9.54. The van der Waals surface area contributed by atoms with E-state index < -0.39 is 11.8 Å². The molecule has 0 amide bonds. The maximum absolute atomic E-state index is 8.05. The molecule has 0 saturated carbocycles. The Labute approximate surface area is 84.8 Å². The summed E-state index contributed by atoms with van der Waals surface area (Å²) in [5, 5.41) is 0. The minimum Gasteiger partial charge on any atom is -0.0588 e. The summed E-state index contributed by atoms with van der Waals surface area (Å²) in [5.41, 5.74) is 3.12. The maximum atomic E-state index is 8.05. The van der Waals surface area contributed by atoms with Crippen LogP contribution in [0.4, 0.5) is 0 Å². The summed E-state index contributed by atoms with van der Waals surface area (Å²) in [7, 11) is 0. The van der Waals surface area contributed by atoms with E-state index >= 15 is 0 Å². The van der Waals surface area contributed by atoms with Crippen molar-refractivity contribution >= 4 is 0 Å². The first-order chi connectivity index (χ1) is 6.62. The smallest absolute Gasteiger partial charge is 0.0347 e. The van der Waals surface area contributed by atoms with E-state index in [1.165, 1.54) is 0 Å². The molecule has 0 aliphatic heterocycles. The van der Waals surface area contributed by atoms with Gasteiger partial charge in [0.15, 0.2) is 0 Å². The molecule has 0 aliphatic carbocycles. The van der Waals surface area contributed by atoms with E-state index in [0.717, 1.165) is 16.7 Å². The lowest BCUT2D eigenvalue weighted by Gasteiger charge is -2.13. The quantitative estimate of drug-likeness (QED) is 0.635. The van der Waals surface area contributed by atoms with Crippen LogP contribution in [0.5, 0.6) is 0 Å². The second-order valence-corrected chi connectivity index (χ2v) is 4.03.